The van der Waals surface area contributed by atoms with E-state index in [0.29, 0.717) is 6.42 Å². The highest BCUT2D eigenvalue weighted by atomic mass is 19.4. The molecule has 1 unspecified atom stereocenters. The number of halogens is 3. The van der Waals surface area contributed by atoms with Crippen LogP contribution in [0.1, 0.15) is 101 Å². The van der Waals surface area contributed by atoms with Gasteiger partial charge in [-0.2, -0.15) is 13.2 Å². The smallest absolute Gasteiger partial charge is 0.422 e. The fourth-order valence-electron chi connectivity index (χ4n) is 3.39. The Kier molecular flexibility index (Phi) is 13.5. The molecule has 0 aliphatic carbocycles. The normalized spacial score (nSPS) is 12.7. The van der Waals surface area contributed by atoms with Gasteiger partial charge in [0, 0.05) is 6.42 Å². The van der Waals surface area contributed by atoms with E-state index in [-0.39, 0.29) is 12.5 Å². The maximum absolute atomic E-state index is 11.9. The Hall–Kier alpha value is -1.56. The molecular weight excluding hydrogens is 393 g/mol. The molecule has 0 amide bonds. The third-order valence-corrected chi connectivity index (χ3v) is 5.22. The number of hydrogen-bond donors (Lipinski definition) is 1. The van der Waals surface area contributed by atoms with Crippen LogP contribution in [-0.4, -0.2) is 23.9 Å². The lowest BCUT2D eigenvalue weighted by atomic mass is 10.0. The molecular formula is C24H37F3O3. The lowest BCUT2D eigenvalue weighted by Gasteiger charge is -2.11. The topological polar surface area (TPSA) is 46.5 Å². The van der Waals surface area contributed by atoms with E-state index in [9.17, 15) is 23.1 Å². The zero-order valence-electron chi connectivity index (χ0n) is 18.2. The van der Waals surface area contributed by atoms with Crippen LogP contribution in [0.15, 0.2) is 24.3 Å². The number of esters is 1. The van der Waals surface area contributed by atoms with Crippen molar-refractivity contribution in [1.29, 1.82) is 0 Å². The van der Waals surface area contributed by atoms with Crippen LogP contribution in [0.4, 0.5) is 13.2 Å². The van der Waals surface area contributed by atoms with Crippen molar-refractivity contribution in [3.05, 3.63) is 35.4 Å². The number of aryl methyl sites for hydroxylation is 1. The van der Waals surface area contributed by atoms with Gasteiger partial charge in [0.05, 0.1) is 6.10 Å². The monoisotopic (exact) mass is 430 g/mol. The second kappa shape index (κ2) is 15.3. The Morgan fingerprint density at radius 1 is 0.867 bits per heavy atom. The van der Waals surface area contributed by atoms with Crippen molar-refractivity contribution in [2.75, 3.05) is 6.61 Å². The highest BCUT2D eigenvalue weighted by Crippen LogP contribution is 2.21. The molecule has 0 radical (unpaired) electrons. The molecule has 172 valence electrons. The van der Waals surface area contributed by atoms with E-state index in [1.165, 1.54) is 31.2 Å². The summed E-state index contributed by atoms with van der Waals surface area (Å²) in [5, 5.41) is 10.2. The third-order valence-electron chi connectivity index (χ3n) is 5.22. The van der Waals surface area contributed by atoms with Crippen molar-refractivity contribution in [2.45, 2.75) is 103 Å². The average molecular weight is 431 g/mol. The largest absolute Gasteiger partial charge is 0.456 e. The maximum atomic E-state index is 11.9. The van der Waals surface area contributed by atoms with Gasteiger partial charge < -0.3 is 9.84 Å². The molecule has 3 nitrogen and oxygen atoms in total. The molecule has 1 aromatic rings. The van der Waals surface area contributed by atoms with Gasteiger partial charge in [0.25, 0.3) is 0 Å². The number of ether oxygens (including phenoxy) is 1. The number of alkyl halides is 3. The van der Waals surface area contributed by atoms with Crippen molar-refractivity contribution in [3.63, 3.8) is 0 Å². The Morgan fingerprint density at radius 3 is 1.83 bits per heavy atom. The van der Waals surface area contributed by atoms with Gasteiger partial charge in [0.2, 0.25) is 0 Å². The Morgan fingerprint density at radius 2 is 1.33 bits per heavy atom. The maximum Gasteiger partial charge on any atom is 0.422 e. The molecule has 0 saturated heterocycles. The van der Waals surface area contributed by atoms with Crippen LogP contribution in [0, 0.1) is 6.92 Å². The van der Waals surface area contributed by atoms with Crippen LogP contribution < -0.4 is 0 Å². The van der Waals surface area contributed by atoms with Gasteiger partial charge in [-0.25, -0.2) is 0 Å². The third kappa shape index (κ3) is 14.4. The molecule has 0 fully saturated rings. The quantitative estimate of drug-likeness (QED) is 0.223. The minimum Gasteiger partial charge on any atom is -0.456 e. The minimum absolute atomic E-state index is 0.0642. The SMILES string of the molecule is Cc1ccc(C(O)CCCCCCCCCCCCCC(=O)OCC(F)(F)F)cc1. The van der Waals surface area contributed by atoms with E-state index in [2.05, 4.69) is 4.74 Å². The molecule has 1 N–H and O–H groups in total. The Labute approximate surface area is 179 Å². The standard InChI is InChI=1S/C24H37F3O3/c1-20-15-17-21(18-16-20)22(28)13-11-9-7-5-3-2-4-6-8-10-12-14-23(29)30-19-24(25,26)27/h15-18,22,28H,2-14,19H2,1H3. The second-order valence-corrected chi connectivity index (χ2v) is 8.13. The second-order valence-electron chi connectivity index (χ2n) is 8.13. The van der Waals surface area contributed by atoms with Gasteiger partial charge in [0.15, 0.2) is 6.61 Å². The van der Waals surface area contributed by atoms with Gasteiger partial charge in [-0.15, -0.1) is 0 Å². The highest BCUT2D eigenvalue weighted by Gasteiger charge is 2.29. The summed E-state index contributed by atoms with van der Waals surface area (Å²) < 4.78 is 39.9. The van der Waals surface area contributed by atoms with E-state index in [0.717, 1.165) is 50.5 Å². The first-order valence-corrected chi connectivity index (χ1v) is 11.2. The van der Waals surface area contributed by atoms with Crippen LogP contribution in [0.2, 0.25) is 0 Å². The van der Waals surface area contributed by atoms with E-state index < -0.39 is 18.8 Å². The predicted octanol–water partition coefficient (Wildman–Crippen LogP) is 7.21. The Bertz CT molecular complexity index is 570. The van der Waals surface area contributed by atoms with Gasteiger partial charge >= 0.3 is 12.1 Å². The lowest BCUT2D eigenvalue weighted by Crippen LogP contribution is -2.20. The van der Waals surface area contributed by atoms with Crippen LogP contribution in [0.5, 0.6) is 0 Å². The number of rotatable bonds is 16. The number of carbonyl (C=O) groups excluding carboxylic acids is 1. The van der Waals surface area contributed by atoms with Crippen molar-refractivity contribution >= 4 is 5.97 Å². The van der Waals surface area contributed by atoms with Gasteiger partial charge in [-0.3, -0.25) is 4.79 Å². The Balaban J connectivity index is 1.84. The van der Waals surface area contributed by atoms with E-state index >= 15 is 0 Å². The first kappa shape index (κ1) is 26.5. The van der Waals surface area contributed by atoms with E-state index in [1.807, 2.05) is 31.2 Å². The predicted molar refractivity (Wildman–Crippen MR) is 113 cm³/mol. The van der Waals surface area contributed by atoms with E-state index in [1.54, 1.807) is 0 Å². The summed E-state index contributed by atoms with van der Waals surface area (Å²) in [5.41, 5.74) is 2.20. The molecule has 6 heteroatoms. The first-order chi connectivity index (χ1) is 14.3. The number of carbonyl (C=O) groups is 1. The number of benzene rings is 1. The molecule has 0 aliphatic rings. The van der Waals surface area contributed by atoms with Crippen LogP contribution >= 0.6 is 0 Å². The molecule has 1 rings (SSSR count). The molecule has 0 heterocycles. The zero-order chi connectivity index (χ0) is 22.2. The van der Waals surface area contributed by atoms with Crippen molar-refractivity contribution < 1.29 is 27.8 Å². The molecule has 1 atom stereocenters. The van der Waals surface area contributed by atoms with Crippen LogP contribution in [0.3, 0.4) is 0 Å². The fraction of sp³-hybridized carbons (Fsp3) is 0.708. The number of aliphatic hydroxyl groups excluding tert-OH is 1. The molecule has 0 saturated carbocycles. The molecule has 0 aromatic heterocycles. The van der Waals surface area contributed by atoms with E-state index in [4.69, 9.17) is 0 Å². The fourth-order valence-corrected chi connectivity index (χ4v) is 3.39. The minimum atomic E-state index is -4.45. The molecule has 0 bridgehead atoms. The average Bonchev–Trinajstić information content (AvgIpc) is 2.69. The molecule has 30 heavy (non-hydrogen) atoms. The van der Waals surface area contributed by atoms with Gasteiger partial charge in [-0.1, -0.05) is 94.0 Å². The molecule has 0 aliphatic heterocycles. The zero-order valence-corrected chi connectivity index (χ0v) is 18.2. The van der Waals surface area contributed by atoms with Crippen molar-refractivity contribution in [2.24, 2.45) is 0 Å². The number of aliphatic hydroxyl groups is 1. The van der Waals surface area contributed by atoms with Gasteiger partial charge in [0.1, 0.15) is 0 Å². The summed E-state index contributed by atoms with van der Waals surface area (Å²) in [7, 11) is 0. The van der Waals surface area contributed by atoms with Crippen molar-refractivity contribution in [1.82, 2.24) is 0 Å². The van der Waals surface area contributed by atoms with Crippen LogP contribution in [-0.2, 0) is 9.53 Å². The van der Waals surface area contributed by atoms with Crippen LogP contribution in [0.25, 0.3) is 0 Å². The summed E-state index contributed by atoms with van der Waals surface area (Å²) in [6.07, 6.45) is 7.77. The first-order valence-electron chi connectivity index (χ1n) is 11.2. The summed E-state index contributed by atoms with van der Waals surface area (Å²) in [4.78, 5) is 11.2. The number of unbranched alkanes of at least 4 members (excludes halogenated alkanes) is 10. The van der Waals surface area contributed by atoms with Crippen molar-refractivity contribution in [3.8, 4) is 0 Å². The number of hydrogen-bond acceptors (Lipinski definition) is 3. The van der Waals surface area contributed by atoms with Gasteiger partial charge in [-0.05, 0) is 25.3 Å². The summed E-state index contributed by atoms with van der Waals surface area (Å²) >= 11 is 0. The summed E-state index contributed by atoms with van der Waals surface area (Å²) in [6.45, 7) is 0.555. The highest BCUT2D eigenvalue weighted by molar-refractivity contribution is 5.69. The molecule has 1 aromatic carbocycles. The lowest BCUT2D eigenvalue weighted by molar-refractivity contribution is -0.186. The summed E-state index contributed by atoms with van der Waals surface area (Å²) in [6, 6.07) is 8.07. The summed E-state index contributed by atoms with van der Waals surface area (Å²) in [5.74, 6) is -0.765. The molecule has 0 spiro atoms.